The van der Waals surface area contributed by atoms with Gasteiger partial charge < -0.3 is 14.2 Å². The standard InChI is InChI=1S/C32H31ClN4O8S/c1-4-44-31-17-24(8-16-30(31)45-21-23-6-9-25(33)10-7-23)19-34-35-32(38)20-36(26-11-13-27(43-3)14-12-26)46(41,42)28-15-5-22(2)29(18-28)37(39)40/h5-19H,4,20-21H2,1-3H3,(H,35,38)/b34-19-. The van der Waals surface area contributed by atoms with Crippen molar-refractivity contribution in [2.24, 2.45) is 5.10 Å². The van der Waals surface area contributed by atoms with Crippen molar-refractivity contribution >= 4 is 45.1 Å². The first-order valence-electron chi connectivity index (χ1n) is 13.9. The van der Waals surface area contributed by atoms with Gasteiger partial charge in [-0.2, -0.15) is 5.10 Å². The lowest BCUT2D eigenvalue weighted by Crippen LogP contribution is -2.39. The Morgan fingerprint density at radius 1 is 1.00 bits per heavy atom. The van der Waals surface area contributed by atoms with Crippen LogP contribution < -0.4 is 23.9 Å². The van der Waals surface area contributed by atoms with Crippen molar-refractivity contribution < 1.29 is 32.3 Å². The number of nitrogens with zero attached hydrogens (tertiary/aromatic N) is 3. The lowest BCUT2D eigenvalue weighted by molar-refractivity contribution is -0.385. The van der Waals surface area contributed by atoms with Gasteiger partial charge in [-0.1, -0.05) is 29.8 Å². The number of nitro benzene ring substituents is 1. The topological polar surface area (TPSA) is 150 Å². The van der Waals surface area contributed by atoms with Crippen molar-refractivity contribution in [3.05, 3.63) is 117 Å². The van der Waals surface area contributed by atoms with E-state index in [-0.39, 0.29) is 16.3 Å². The van der Waals surface area contributed by atoms with Gasteiger partial charge in [0.2, 0.25) is 0 Å². The molecule has 0 aliphatic rings. The summed E-state index contributed by atoms with van der Waals surface area (Å²) in [5.41, 5.74) is 3.91. The number of nitrogens with one attached hydrogen (secondary N) is 1. The van der Waals surface area contributed by atoms with Crippen molar-refractivity contribution in [1.82, 2.24) is 5.43 Å². The molecule has 0 aliphatic carbocycles. The van der Waals surface area contributed by atoms with E-state index in [4.69, 9.17) is 25.8 Å². The molecule has 4 rings (SSSR count). The van der Waals surface area contributed by atoms with Crippen LogP contribution in [0, 0.1) is 17.0 Å². The van der Waals surface area contributed by atoms with Gasteiger partial charge in [-0.25, -0.2) is 13.8 Å². The first kappa shape index (κ1) is 33.7. The van der Waals surface area contributed by atoms with Crippen LogP contribution in [-0.4, -0.2) is 45.7 Å². The average molecular weight is 667 g/mol. The van der Waals surface area contributed by atoms with E-state index in [0.717, 1.165) is 15.9 Å². The number of methoxy groups -OCH3 is 1. The fraction of sp³-hybridized carbons (Fsp3) is 0.188. The molecule has 0 saturated carbocycles. The van der Waals surface area contributed by atoms with E-state index in [1.54, 1.807) is 30.3 Å². The summed E-state index contributed by atoms with van der Waals surface area (Å²) in [5, 5.41) is 16.1. The van der Waals surface area contributed by atoms with E-state index >= 15 is 0 Å². The van der Waals surface area contributed by atoms with Crippen LogP contribution in [-0.2, 0) is 21.4 Å². The lowest BCUT2D eigenvalue weighted by atomic mass is 10.2. The van der Waals surface area contributed by atoms with Crippen molar-refractivity contribution in [3.63, 3.8) is 0 Å². The molecule has 4 aromatic rings. The molecule has 14 heteroatoms. The maximum Gasteiger partial charge on any atom is 0.273 e. The predicted octanol–water partition coefficient (Wildman–Crippen LogP) is 5.89. The number of hydrogen-bond donors (Lipinski definition) is 1. The number of nitro groups is 1. The lowest BCUT2D eigenvalue weighted by Gasteiger charge is -2.24. The highest BCUT2D eigenvalue weighted by Crippen LogP contribution is 2.30. The first-order chi connectivity index (χ1) is 22.0. The Kier molecular flexibility index (Phi) is 11.2. The van der Waals surface area contributed by atoms with Gasteiger partial charge in [-0.15, -0.1) is 0 Å². The molecular weight excluding hydrogens is 636 g/mol. The minimum Gasteiger partial charge on any atom is -0.497 e. The molecule has 0 unspecified atom stereocenters. The summed E-state index contributed by atoms with van der Waals surface area (Å²) in [5.74, 6) is 0.685. The van der Waals surface area contributed by atoms with E-state index in [9.17, 15) is 23.3 Å². The molecule has 0 fully saturated rings. The summed E-state index contributed by atoms with van der Waals surface area (Å²) in [6.07, 6.45) is 1.37. The highest BCUT2D eigenvalue weighted by Gasteiger charge is 2.29. The van der Waals surface area contributed by atoms with Crippen molar-refractivity contribution in [3.8, 4) is 17.2 Å². The van der Waals surface area contributed by atoms with E-state index in [1.165, 1.54) is 56.6 Å². The van der Waals surface area contributed by atoms with Crippen molar-refractivity contribution in [1.29, 1.82) is 0 Å². The maximum atomic E-state index is 13.7. The number of carbonyl (C=O) groups excluding carboxylic acids is 1. The number of benzene rings is 4. The fourth-order valence-electron chi connectivity index (χ4n) is 4.22. The van der Waals surface area contributed by atoms with Gasteiger partial charge in [-0.3, -0.25) is 19.2 Å². The number of anilines is 1. The SMILES string of the molecule is CCOc1cc(/C=N\NC(=O)CN(c2ccc(OC)cc2)S(=O)(=O)c2ccc(C)c([N+](=O)[O-])c2)ccc1OCc1ccc(Cl)cc1. The molecule has 0 spiro atoms. The zero-order valence-corrected chi connectivity index (χ0v) is 26.7. The highest BCUT2D eigenvalue weighted by molar-refractivity contribution is 7.92. The van der Waals surface area contributed by atoms with Crippen LogP contribution in [0.25, 0.3) is 0 Å². The van der Waals surface area contributed by atoms with Gasteiger partial charge >= 0.3 is 0 Å². The number of sulfonamides is 1. The van der Waals surface area contributed by atoms with Crippen LogP contribution in [0.1, 0.15) is 23.6 Å². The van der Waals surface area contributed by atoms with E-state index in [2.05, 4.69) is 10.5 Å². The molecular formula is C32H31ClN4O8S. The van der Waals surface area contributed by atoms with Crippen LogP contribution in [0.5, 0.6) is 17.2 Å². The minimum absolute atomic E-state index is 0.138. The Balaban J connectivity index is 1.51. The average Bonchev–Trinajstić information content (AvgIpc) is 3.04. The van der Waals surface area contributed by atoms with Gasteiger partial charge in [-0.05, 0) is 85.6 Å². The number of rotatable bonds is 14. The van der Waals surface area contributed by atoms with E-state index in [0.29, 0.717) is 46.6 Å². The molecule has 0 bridgehead atoms. The third-order valence-electron chi connectivity index (χ3n) is 6.59. The molecule has 4 aromatic carbocycles. The molecule has 240 valence electrons. The Bertz CT molecular complexity index is 1830. The van der Waals surface area contributed by atoms with E-state index < -0.39 is 27.4 Å². The second-order valence-electron chi connectivity index (χ2n) is 9.76. The number of ether oxygens (including phenoxy) is 3. The Labute approximate surface area is 271 Å². The second kappa shape index (κ2) is 15.2. The quantitative estimate of drug-likeness (QED) is 0.0995. The molecule has 0 radical (unpaired) electrons. The summed E-state index contributed by atoms with van der Waals surface area (Å²) in [6, 6.07) is 21.9. The molecule has 0 aliphatic heterocycles. The Hall–Kier alpha value is -5.14. The summed E-state index contributed by atoms with van der Waals surface area (Å²) >= 11 is 5.95. The number of amides is 1. The third kappa shape index (κ3) is 8.52. The molecule has 1 amide bonds. The summed E-state index contributed by atoms with van der Waals surface area (Å²) in [6.45, 7) is 3.34. The van der Waals surface area contributed by atoms with Crippen LogP contribution in [0.4, 0.5) is 11.4 Å². The van der Waals surface area contributed by atoms with Gasteiger partial charge in [0.25, 0.3) is 21.6 Å². The van der Waals surface area contributed by atoms with Gasteiger partial charge in [0.05, 0.1) is 35.4 Å². The Morgan fingerprint density at radius 3 is 2.37 bits per heavy atom. The van der Waals surface area contributed by atoms with Gasteiger partial charge in [0.15, 0.2) is 11.5 Å². The second-order valence-corrected chi connectivity index (χ2v) is 12.1. The largest absolute Gasteiger partial charge is 0.497 e. The zero-order valence-electron chi connectivity index (χ0n) is 25.2. The van der Waals surface area contributed by atoms with E-state index in [1.807, 2.05) is 19.1 Å². The number of halogens is 1. The monoisotopic (exact) mass is 666 g/mol. The molecule has 0 saturated heterocycles. The smallest absolute Gasteiger partial charge is 0.273 e. The van der Waals surface area contributed by atoms with Crippen LogP contribution in [0.3, 0.4) is 0 Å². The normalized spacial score (nSPS) is 11.2. The number of hydrazone groups is 1. The molecule has 1 N–H and O–H groups in total. The summed E-state index contributed by atoms with van der Waals surface area (Å²) in [7, 11) is -2.97. The number of hydrogen-bond acceptors (Lipinski definition) is 9. The summed E-state index contributed by atoms with van der Waals surface area (Å²) in [4.78, 5) is 23.5. The van der Waals surface area contributed by atoms with Gasteiger partial charge in [0.1, 0.15) is 18.9 Å². The maximum absolute atomic E-state index is 13.7. The highest BCUT2D eigenvalue weighted by atomic mass is 35.5. The Morgan fingerprint density at radius 2 is 1.72 bits per heavy atom. The fourth-order valence-corrected chi connectivity index (χ4v) is 5.78. The van der Waals surface area contributed by atoms with Crippen molar-refractivity contribution in [2.75, 3.05) is 24.6 Å². The van der Waals surface area contributed by atoms with Crippen LogP contribution in [0.15, 0.2) is 94.9 Å². The van der Waals surface area contributed by atoms with Crippen LogP contribution >= 0.6 is 11.6 Å². The number of carbonyl (C=O) groups is 1. The van der Waals surface area contributed by atoms with Crippen LogP contribution in [0.2, 0.25) is 5.02 Å². The number of aryl methyl sites for hydroxylation is 1. The predicted molar refractivity (Wildman–Crippen MR) is 174 cm³/mol. The molecule has 0 atom stereocenters. The molecule has 46 heavy (non-hydrogen) atoms. The molecule has 0 aromatic heterocycles. The molecule has 0 heterocycles. The zero-order chi connectivity index (χ0) is 33.3. The van der Waals surface area contributed by atoms with Crippen molar-refractivity contribution in [2.45, 2.75) is 25.3 Å². The molecule has 12 nitrogen and oxygen atoms in total. The minimum atomic E-state index is -4.42. The summed E-state index contributed by atoms with van der Waals surface area (Å²) < 4.78 is 45.1. The third-order valence-corrected chi connectivity index (χ3v) is 8.61. The van der Waals surface area contributed by atoms with Gasteiger partial charge in [0, 0.05) is 16.7 Å². The first-order valence-corrected chi connectivity index (χ1v) is 15.7.